The minimum atomic E-state index is -0.627. The molecule has 1 spiro atoms. The minimum Gasteiger partial charge on any atom is -0.339 e. The van der Waals surface area contributed by atoms with Crippen LogP contribution in [0.5, 0.6) is 0 Å². The molecule has 2 aliphatic heterocycles. The van der Waals surface area contributed by atoms with Crippen LogP contribution in [0.1, 0.15) is 24.8 Å². The van der Waals surface area contributed by atoms with Crippen LogP contribution in [-0.2, 0) is 6.42 Å². The van der Waals surface area contributed by atoms with Crippen LogP contribution in [0, 0.1) is 17.0 Å². The Labute approximate surface area is 215 Å². The van der Waals surface area contributed by atoms with Gasteiger partial charge in [0.25, 0.3) is 0 Å². The van der Waals surface area contributed by atoms with Crippen molar-refractivity contribution in [1.82, 2.24) is 25.2 Å². The SMILES string of the molecule is Cl.Fc1cc(F)cc(-c2ncnc3[nH]c(-c4ccc(CCN5CCC6(CCNC6)CC5)cc4)cc23)c1. The van der Waals surface area contributed by atoms with Crippen molar-refractivity contribution in [2.75, 3.05) is 32.7 Å². The number of hydrogen-bond donors (Lipinski definition) is 2. The lowest BCUT2D eigenvalue weighted by Gasteiger charge is -2.38. The van der Waals surface area contributed by atoms with E-state index in [0.29, 0.717) is 22.3 Å². The average Bonchev–Trinajstić information content (AvgIpc) is 3.51. The Morgan fingerprint density at radius 1 is 0.889 bits per heavy atom. The molecule has 0 bridgehead atoms. The minimum absolute atomic E-state index is 0. The molecule has 188 valence electrons. The van der Waals surface area contributed by atoms with E-state index in [1.54, 1.807) is 0 Å². The first-order valence-corrected chi connectivity index (χ1v) is 12.4. The van der Waals surface area contributed by atoms with Crippen molar-refractivity contribution in [1.29, 1.82) is 0 Å². The molecule has 0 aliphatic carbocycles. The number of nitrogens with one attached hydrogen (secondary N) is 2. The van der Waals surface area contributed by atoms with Crippen LogP contribution in [0.2, 0.25) is 0 Å². The molecule has 2 aromatic carbocycles. The van der Waals surface area contributed by atoms with Gasteiger partial charge in [-0.25, -0.2) is 18.7 Å². The molecule has 0 amide bonds. The molecule has 0 saturated carbocycles. The van der Waals surface area contributed by atoms with E-state index in [1.807, 2.05) is 6.07 Å². The first-order chi connectivity index (χ1) is 17.1. The third kappa shape index (κ3) is 5.01. The number of piperidine rings is 1. The van der Waals surface area contributed by atoms with Gasteiger partial charge in [0.2, 0.25) is 0 Å². The lowest BCUT2D eigenvalue weighted by atomic mass is 9.78. The summed E-state index contributed by atoms with van der Waals surface area (Å²) in [6, 6.07) is 14.0. The number of aromatic nitrogens is 3. The normalized spacial score (nSPS) is 17.5. The van der Waals surface area contributed by atoms with Gasteiger partial charge >= 0.3 is 0 Å². The Hall–Kier alpha value is -2.87. The maximum Gasteiger partial charge on any atom is 0.141 e. The second kappa shape index (κ2) is 10.2. The van der Waals surface area contributed by atoms with Gasteiger partial charge in [-0.15, -0.1) is 12.4 Å². The lowest BCUT2D eigenvalue weighted by Crippen LogP contribution is -2.41. The fourth-order valence-electron chi connectivity index (χ4n) is 5.63. The molecular weight excluding hydrogens is 480 g/mol. The number of H-pyrrole nitrogens is 1. The van der Waals surface area contributed by atoms with Gasteiger partial charge in [-0.05, 0) is 80.1 Å². The Balaban J connectivity index is 0.00000267. The first kappa shape index (κ1) is 24.8. The Morgan fingerprint density at radius 3 is 2.33 bits per heavy atom. The summed E-state index contributed by atoms with van der Waals surface area (Å²) in [5.41, 5.74) is 5.36. The number of hydrogen-bond acceptors (Lipinski definition) is 4. The van der Waals surface area contributed by atoms with Crippen LogP contribution < -0.4 is 5.32 Å². The van der Waals surface area contributed by atoms with Crippen molar-refractivity contribution in [3.05, 3.63) is 72.1 Å². The molecular formula is C28H30ClF2N5. The lowest BCUT2D eigenvalue weighted by molar-refractivity contribution is 0.120. The summed E-state index contributed by atoms with van der Waals surface area (Å²) in [5, 5.41) is 4.27. The molecule has 2 N–H and O–H groups in total. The highest BCUT2D eigenvalue weighted by molar-refractivity contribution is 5.94. The number of benzene rings is 2. The van der Waals surface area contributed by atoms with Crippen LogP contribution in [0.15, 0.2) is 54.9 Å². The number of rotatable bonds is 5. The molecule has 2 fully saturated rings. The van der Waals surface area contributed by atoms with E-state index in [-0.39, 0.29) is 12.4 Å². The molecule has 4 aromatic rings. The number of nitrogens with zero attached hydrogens (tertiary/aromatic N) is 3. The Bertz CT molecular complexity index is 1320. The van der Waals surface area contributed by atoms with Crippen LogP contribution in [0.4, 0.5) is 8.78 Å². The second-order valence-electron chi connectivity index (χ2n) is 10.0. The van der Waals surface area contributed by atoms with Crippen molar-refractivity contribution in [2.24, 2.45) is 5.41 Å². The summed E-state index contributed by atoms with van der Waals surface area (Å²) in [7, 11) is 0. The van der Waals surface area contributed by atoms with E-state index in [1.165, 1.54) is 69.5 Å². The van der Waals surface area contributed by atoms with E-state index in [0.717, 1.165) is 35.7 Å². The zero-order valence-electron chi connectivity index (χ0n) is 20.1. The Morgan fingerprint density at radius 2 is 1.64 bits per heavy atom. The zero-order chi connectivity index (χ0) is 23.8. The molecule has 36 heavy (non-hydrogen) atoms. The number of halogens is 3. The second-order valence-corrected chi connectivity index (χ2v) is 10.0. The maximum atomic E-state index is 13.8. The van der Waals surface area contributed by atoms with Crippen molar-refractivity contribution in [3.8, 4) is 22.5 Å². The quantitative estimate of drug-likeness (QED) is 0.367. The summed E-state index contributed by atoms with van der Waals surface area (Å²) < 4.78 is 27.6. The molecule has 8 heteroatoms. The molecule has 5 nitrogen and oxygen atoms in total. The zero-order valence-corrected chi connectivity index (χ0v) is 20.9. The van der Waals surface area contributed by atoms with Crippen molar-refractivity contribution < 1.29 is 8.78 Å². The standard InChI is InChI=1S/C28H29F2N5.ClH/c29-22-13-21(14-23(30)15-22)26-24-16-25(34-27(24)33-18-32-26)20-3-1-19(2-4-20)5-10-35-11-7-28(8-12-35)6-9-31-17-28;/h1-4,13-16,18,31H,5-12,17H2,(H,32,33,34);1H. The number of aromatic amines is 1. The maximum absolute atomic E-state index is 13.8. The summed E-state index contributed by atoms with van der Waals surface area (Å²) in [6.07, 6.45) is 6.41. The first-order valence-electron chi connectivity index (χ1n) is 12.4. The molecule has 6 rings (SSSR count). The molecule has 0 radical (unpaired) electrons. The highest BCUT2D eigenvalue weighted by atomic mass is 35.5. The van der Waals surface area contributed by atoms with Crippen molar-refractivity contribution >= 4 is 23.4 Å². The number of fused-ring (bicyclic) bond motifs is 1. The van der Waals surface area contributed by atoms with Gasteiger partial charge in [-0.3, -0.25) is 0 Å². The van der Waals surface area contributed by atoms with Gasteiger partial charge < -0.3 is 15.2 Å². The third-order valence-electron chi connectivity index (χ3n) is 7.79. The van der Waals surface area contributed by atoms with Gasteiger partial charge in [0, 0.05) is 35.8 Å². The third-order valence-corrected chi connectivity index (χ3v) is 7.79. The largest absolute Gasteiger partial charge is 0.339 e. The fraction of sp³-hybridized carbons (Fsp3) is 0.357. The average molecular weight is 510 g/mol. The van der Waals surface area contributed by atoms with Gasteiger partial charge in [-0.1, -0.05) is 24.3 Å². The summed E-state index contributed by atoms with van der Waals surface area (Å²) in [5.74, 6) is -1.25. The monoisotopic (exact) mass is 509 g/mol. The topological polar surface area (TPSA) is 56.8 Å². The molecule has 2 aliphatic rings. The highest BCUT2D eigenvalue weighted by Gasteiger charge is 2.36. The molecule has 0 atom stereocenters. The summed E-state index contributed by atoms with van der Waals surface area (Å²) in [4.78, 5) is 14.5. The van der Waals surface area contributed by atoms with E-state index in [2.05, 4.69) is 49.4 Å². The summed E-state index contributed by atoms with van der Waals surface area (Å²) in [6.45, 7) is 5.88. The van der Waals surface area contributed by atoms with Crippen LogP contribution >= 0.6 is 12.4 Å². The van der Waals surface area contributed by atoms with Crippen LogP contribution in [0.25, 0.3) is 33.5 Å². The van der Waals surface area contributed by atoms with Crippen molar-refractivity contribution in [3.63, 3.8) is 0 Å². The van der Waals surface area contributed by atoms with Gasteiger partial charge in [-0.2, -0.15) is 0 Å². The number of likely N-dealkylation sites (tertiary alicyclic amines) is 1. The van der Waals surface area contributed by atoms with Crippen molar-refractivity contribution in [2.45, 2.75) is 25.7 Å². The molecule has 2 aromatic heterocycles. The van der Waals surface area contributed by atoms with Crippen LogP contribution in [-0.4, -0.2) is 52.6 Å². The molecule has 4 heterocycles. The molecule has 2 saturated heterocycles. The predicted molar refractivity (Wildman–Crippen MR) is 141 cm³/mol. The smallest absolute Gasteiger partial charge is 0.141 e. The molecule has 0 unspecified atom stereocenters. The predicted octanol–water partition coefficient (Wildman–Crippen LogP) is 5.61. The van der Waals surface area contributed by atoms with E-state index in [9.17, 15) is 8.78 Å². The van der Waals surface area contributed by atoms with E-state index in [4.69, 9.17) is 0 Å². The van der Waals surface area contributed by atoms with E-state index < -0.39 is 11.6 Å². The highest BCUT2D eigenvalue weighted by Crippen LogP contribution is 2.37. The summed E-state index contributed by atoms with van der Waals surface area (Å²) >= 11 is 0. The van der Waals surface area contributed by atoms with Gasteiger partial charge in [0.1, 0.15) is 23.6 Å². The van der Waals surface area contributed by atoms with E-state index >= 15 is 0 Å². The van der Waals surface area contributed by atoms with Gasteiger partial charge in [0.15, 0.2) is 0 Å². The van der Waals surface area contributed by atoms with Gasteiger partial charge in [0.05, 0.1) is 5.69 Å². The van der Waals surface area contributed by atoms with Crippen LogP contribution in [0.3, 0.4) is 0 Å². The Kier molecular flexibility index (Phi) is 7.06. The fourth-order valence-corrected chi connectivity index (χ4v) is 5.63.